The average molecular weight is 494 g/mol. The van der Waals surface area contributed by atoms with E-state index in [9.17, 15) is 5.26 Å². The number of hydrogen-bond donors (Lipinski definition) is 1. The molecule has 33 heavy (non-hydrogen) atoms. The minimum Gasteiger partial charge on any atom is -0.488 e. The molecule has 1 N–H and O–H groups in total. The van der Waals surface area contributed by atoms with Crippen molar-refractivity contribution in [1.82, 2.24) is 9.97 Å². The van der Waals surface area contributed by atoms with Crippen LogP contribution in [0.3, 0.4) is 0 Å². The van der Waals surface area contributed by atoms with Gasteiger partial charge in [0.1, 0.15) is 24.3 Å². The molecule has 0 aliphatic rings. The molecule has 0 saturated carbocycles. The number of nitriles is 1. The lowest BCUT2D eigenvalue weighted by Gasteiger charge is -2.11. The first-order valence-electron chi connectivity index (χ1n) is 10.6. The summed E-state index contributed by atoms with van der Waals surface area (Å²) in [5.74, 6) is 1.24. The van der Waals surface area contributed by atoms with E-state index in [4.69, 9.17) is 4.74 Å². The first kappa shape index (κ1) is 21.0. The molecule has 0 aliphatic heterocycles. The summed E-state index contributed by atoms with van der Waals surface area (Å²) in [5.41, 5.74) is 5.21. The highest BCUT2D eigenvalue weighted by Crippen LogP contribution is 2.29. The van der Waals surface area contributed by atoms with Gasteiger partial charge in [-0.3, -0.25) is 0 Å². The Morgan fingerprint density at radius 2 is 1.88 bits per heavy atom. The zero-order valence-corrected chi connectivity index (χ0v) is 19.6. The van der Waals surface area contributed by atoms with Gasteiger partial charge in [-0.05, 0) is 71.3 Å². The fourth-order valence-corrected chi connectivity index (χ4v) is 4.19. The van der Waals surface area contributed by atoms with Crippen molar-refractivity contribution in [2.24, 2.45) is 0 Å². The molecule has 5 aromatic rings. The minimum absolute atomic E-state index is 0.430. The zero-order valence-electron chi connectivity index (χ0n) is 18.0. The van der Waals surface area contributed by atoms with Gasteiger partial charge >= 0.3 is 0 Å². The Morgan fingerprint density at radius 1 is 1.03 bits per heavy atom. The number of aryl methyl sites for hydroxylation is 1. The Bertz CT molecular complexity index is 1560. The van der Waals surface area contributed by atoms with Gasteiger partial charge in [-0.2, -0.15) is 5.26 Å². The number of H-pyrrole nitrogens is 1. The van der Waals surface area contributed by atoms with Crippen LogP contribution in [0.1, 0.15) is 22.5 Å². The SMILES string of the molecule is Cc1ccc2nc(C(C#N)=Cc3cc(Br)ccc3OCc3ccc4ccccc4c3)[nH]c2c1. The lowest BCUT2D eigenvalue weighted by atomic mass is 10.1. The van der Waals surface area contributed by atoms with Gasteiger partial charge in [0.15, 0.2) is 0 Å². The monoisotopic (exact) mass is 493 g/mol. The molecule has 0 amide bonds. The number of nitrogens with zero attached hydrogens (tertiary/aromatic N) is 2. The van der Waals surface area contributed by atoms with Gasteiger partial charge < -0.3 is 9.72 Å². The molecule has 0 unspecified atom stereocenters. The molecule has 0 radical (unpaired) electrons. The van der Waals surface area contributed by atoms with Crippen molar-refractivity contribution < 1.29 is 4.74 Å². The fourth-order valence-electron chi connectivity index (χ4n) is 3.81. The maximum absolute atomic E-state index is 9.86. The van der Waals surface area contributed by atoms with Crippen LogP contribution in [0.4, 0.5) is 0 Å². The lowest BCUT2D eigenvalue weighted by molar-refractivity contribution is 0.305. The lowest BCUT2D eigenvalue weighted by Crippen LogP contribution is -1.97. The minimum atomic E-state index is 0.430. The van der Waals surface area contributed by atoms with Crippen LogP contribution in [0, 0.1) is 18.3 Å². The molecule has 4 aromatic carbocycles. The highest BCUT2D eigenvalue weighted by Gasteiger charge is 2.11. The van der Waals surface area contributed by atoms with Crippen molar-refractivity contribution in [1.29, 1.82) is 5.26 Å². The highest BCUT2D eigenvalue weighted by molar-refractivity contribution is 9.10. The Labute approximate surface area is 200 Å². The van der Waals surface area contributed by atoms with Gasteiger partial charge in [-0.15, -0.1) is 0 Å². The molecule has 0 fully saturated rings. The van der Waals surface area contributed by atoms with Gasteiger partial charge in [-0.25, -0.2) is 4.98 Å². The van der Waals surface area contributed by atoms with Gasteiger partial charge in [0.25, 0.3) is 0 Å². The smallest absolute Gasteiger partial charge is 0.149 e. The topological polar surface area (TPSA) is 61.7 Å². The fraction of sp³-hybridized carbons (Fsp3) is 0.0714. The molecule has 0 bridgehead atoms. The average Bonchev–Trinajstić information content (AvgIpc) is 3.24. The third-order valence-corrected chi connectivity index (χ3v) is 5.99. The molecule has 1 aromatic heterocycles. The molecule has 0 atom stereocenters. The van der Waals surface area contributed by atoms with E-state index in [1.54, 1.807) is 0 Å². The van der Waals surface area contributed by atoms with Crippen LogP contribution < -0.4 is 4.74 Å². The number of allylic oxidation sites excluding steroid dienone is 1. The quantitative estimate of drug-likeness (QED) is 0.259. The summed E-state index contributed by atoms with van der Waals surface area (Å²) in [6, 6.07) is 28.6. The number of fused-ring (bicyclic) bond motifs is 2. The van der Waals surface area contributed by atoms with E-state index in [1.807, 2.05) is 61.5 Å². The predicted molar refractivity (Wildman–Crippen MR) is 137 cm³/mol. The van der Waals surface area contributed by atoms with Crippen LogP contribution in [0.15, 0.2) is 83.3 Å². The van der Waals surface area contributed by atoms with Gasteiger partial charge in [0.05, 0.1) is 16.6 Å². The van der Waals surface area contributed by atoms with Crippen LogP contribution in [-0.2, 0) is 6.61 Å². The molecule has 5 heteroatoms. The van der Waals surface area contributed by atoms with Crippen LogP contribution in [0.5, 0.6) is 5.75 Å². The van der Waals surface area contributed by atoms with Crippen molar-refractivity contribution in [2.75, 3.05) is 0 Å². The van der Waals surface area contributed by atoms with Crippen molar-refractivity contribution in [3.8, 4) is 11.8 Å². The molecule has 1 heterocycles. The number of halogens is 1. The number of aromatic nitrogens is 2. The third-order valence-electron chi connectivity index (χ3n) is 5.49. The van der Waals surface area contributed by atoms with Gasteiger partial charge in [-0.1, -0.05) is 58.4 Å². The van der Waals surface area contributed by atoms with Crippen molar-refractivity contribution in [3.05, 3.63) is 106 Å². The summed E-state index contributed by atoms with van der Waals surface area (Å²) in [5, 5.41) is 12.2. The van der Waals surface area contributed by atoms with E-state index in [-0.39, 0.29) is 0 Å². The number of ether oxygens (including phenoxy) is 1. The molecule has 160 valence electrons. The summed E-state index contributed by atoms with van der Waals surface area (Å²) in [6.45, 7) is 2.46. The second-order valence-corrected chi connectivity index (χ2v) is 8.84. The normalized spacial score (nSPS) is 11.6. The van der Waals surface area contributed by atoms with Crippen LogP contribution >= 0.6 is 15.9 Å². The Hall–Kier alpha value is -3.88. The number of rotatable bonds is 5. The van der Waals surface area contributed by atoms with E-state index < -0.39 is 0 Å². The Balaban J connectivity index is 1.46. The van der Waals surface area contributed by atoms with E-state index in [1.165, 1.54) is 10.8 Å². The van der Waals surface area contributed by atoms with Crippen LogP contribution in [-0.4, -0.2) is 9.97 Å². The first-order chi connectivity index (χ1) is 16.1. The summed E-state index contributed by atoms with van der Waals surface area (Å²) < 4.78 is 7.08. The molecule has 0 aliphatic carbocycles. The van der Waals surface area contributed by atoms with E-state index in [0.717, 1.165) is 32.2 Å². The summed E-state index contributed by atoms with van der Waals surface area (Å²) in [4.78, 5) is 7.86. The standard InChI is InChI=1S/C28H20BrN3O/c1-18-6-10-25-26(12-18)32-28(31-25)23(16-30)14-22-15-24(29)9-11-27(22)33-17-19-7-8-20-4-2-3-5-21(20)13-19/h2-15H,17H2,1H3,(H,31,32). The Morgan fingerprint density at radius 3 is 2.73 bits per heavy atom. The van der Waals surface area contributed by atoms with Crippen molar-refractivity contribution in [3.63, 3.8) is 0 Å². The zero-order chi connectivity index (χ0) is 22.8. The molecule has 4 nitrogen and oxygen atoms in total. The Kier molecular flexibility index (Phi) is 5.68. The van der Waals surface area contributed by atoms with Gasteiger partial charge in [0.2, 0.25) is 0 Å². The van der Waals surface area contributed by atoms with Crippen molar-refractivity contribution in [2.45, 2.75) is 13.5 Å². The molecule has 0 saturated heterocycles. The van der Waals surface area contributed by atoms with E-state index in [2.05, 4.69) is 62.3 Å². The second kappa shape index (κ2) is 8.93. The largest absolute Gasteiger partial charge is 0.488 e. The molecular formula is C28H20BrN3O. The second-order valence-electron chi connectivity index (χ2n) is 7.93. The summed E-state index contributed by atoms with van der Waals surface area (Å²) in [7, 11) is 0. The number of nitrogens with one attached hydrogen (secondary N) is 1. The maximum atomic E-state index is 9.86. The molecule has 5 rings (SSSR count). The predicted octanol–water partition coefficient (Wildman–Crippen LogP) is 7.43. The van der Waals surface area contributed by atoms with Crippen LogP contribution in [0.2, 0.25) is 0 Å². The first-order valence-corrected chi connectivity index (χ1v) is 11.4. The van der Waals surface area contributed by atoms with Crippen LogP contribution in [0.25, 0.3) is 33.5 Å². The number of aromatic amines is 1. The van der Waals surface area contributed by atoms with Gasteiger partial charge in [0, 0.05) is 10.0 Å². The van der Waals surface area contributed by atoms with E-state index in [0.29, 0.717) is 23.8 Å². The third kappa shape index (κ3) is 4.52. The van der Waals surface area contributed by atoms with Crippen molar-refractivity contribution >= 4 is 49.4 Å². The number of benzene rings is 4. The highest BCUT2D eigenvalue weighted by atomic mass is 79.9. The summed E-state index contributed by atoms with van der Waals surface area (Å²) in [6.07, 6.45) is 1.81. The molecular weight excluding hydrogens is 474 g/mol. The number of imidazole rings is 1. The number of hydrogen-bond acceptors (Lipinski definition) is 3. The van der Waals surface area contributed by atoms with E-state index >= 15 is 0 Å². The molecule has 0 spiro atoms. The summed E-state index contributed by atoms with van der Waals surface area (Å²) >= 11 is 3.53. The maximum Gasteiger partial charge on any atom is 0.149 e.